The maximum absolute atomic E-state index is 5.78. The molecule has 1 atom stereocenters. The summed E-state index contributed by atoms with van der Waals surface area (Å²) in [6, 6.07) is 10.3. The van der Waals surface area contributed by atoms with Gasteiger partial charge in [0, 0.05) is 12.7 Å². The van der Waals surface area contributed by atoms with Gasteiger partial charge in [-0.2, -0.15) is 5.10 Å². The minimum atomic E-state index is 0.134. The van der Waals surface area contributed by atoms with Gasteiger partial charge in [-0.05, 0) is 28.2 Å². The third kappa shape index (κ3) is 2.38. The molecular weight excluding hydrogens is 301 g/mol. The molecule has 0 spiro atoms. The largest absolute Gasteiger partial charge is 0.328 e. The van der Waals surface area contributed by atoms with Gasteiger partial charge in [-0.1, -0.05) is 30.3 Å². The van der Waals surface area contributed by atoms with Crippen LogP contribution in [0, 0.1) is 3.57 Å². The molecule has 1 aromatic carbocycles. The van der Waals surface area contributed by atoms with E-state index < -0.39 is 0 Å². The maximum Gasteiger partial charge on any atom is 0.0891 e. The van der Waals surface area contributed by atoms with Gasteiger partial charge in [0.25, 0.3) is 0 Å². The summed E-state index contributed by atoms with van der Waals surface area (Å²) in [5.74, 6) is 0. The monoisotopic (exact) mass is 313 g/mol. The first-order valence-corrected chi connectivity index (χ1v) is 5.84. The number of hydrogen-bond donors (Lipinski definition) is 1. The smallest absolute Gasteiger partial charge is 0.0891 e. The van der Waals surface area contributed by atoms with E-state index in [9.17, 15) is 0 Å². The SMILES string of the molecule is NCC(c1ccccc1)n1cc(I)cn1. The molecule has 2 rings (SSSR count). The van der Waals surface area contributed by atoms with Gasteiger partial charge in [-0.15, -0.1) is 0 Å². The fraction of sp³-hybridized carbons (Fsp3) is 0.182. The second kappa shape index (κ2) is 4.76. The first kappa shape index (κ1) is 10.6. The molecule has 0 fully saturated rings. The molecule has 15 heavy (non-hydrogen) atoms. The molecule has 0 saturated carbocycles. The lowest BCUT2D eigenvalue weighted by Crippen LogP contribution is -2.20. The lowest BCUT2D eigenvalue weighted by atomic mass is 10.1. The topological polar surface area (TPSA) is 43.8 Å². The Kier molecular flexibility index (Phi) is 3.37. The second-order valence-electron chi connectivity index (χ2n) is 3.30. The van der Waals surface area contributed by atoms with Crippen LogP contribution in [0.5, 0.6) is 0 Å². The Morgan fingerprint density at radius 1 is 1.33 bits per heavy atom. The summed E-state index contributed by atoms with van der Waals surface area (Å²) in [4.78, 5) is 0. The molecule has 0 saturated heterocycles. The normalized spacial score (nSPS) is 12.7. The van der Waals surface area contributed by atoms with Crippen LogP contribution in [0.2, 0.25) is 0 Å². The summed E-state index contributed by atoms with van der Waals surface area (Å²) in [5, 5.41) is 4.29. The van der Waals surface area contributed by atoms with Crippen LogP contribution in [0.1, 0.15) is 11.6 Å². The van der Waals surface area contributed by atoms with Crippen molar-refractivity contribution in [3.63, 3.8) is 0 Å². The average Bonchev–Trinajstić information content (AvgIpc) is 2.68. The molecule has 0 aliphatic rings. The highest BCUT2D eigenvalue weighted by atomic mass is 127. The molecular formula is C11H12IN3. The molecule has 0 aliphatic carbocycles. The highest BCUT2D eigenvalue weighted by Gasteiger charge is 2.11. The van der Waals surface area contributed by atoms with Crippen LogP contribution in [0.3, 0.4) is 0 Å². The van der Waals surface area contributed by atoms with Crippen molar-refractivity contribution >= 4 is 22.6 Å². The van der Waals surface area contributed by atoms with E-state index in [1.54, 1.807) is 0 Å². The zero-order chi connectivity index (χ0) is 10.7. The minimum absolute atomic E-state index is 0.134. The van der Waals surface area contributed by atoms with E-state index in [1.165, 1.54) is 5.56 Å². The van der Waals surface area contributed by atoms with Gasteiger partial charge in [0.15, 0.2) is 0 Å². The zero-order valence-electron chi connectivity index (χ0n) is 8.18. The molecule has 0 aliphatic heterocycles. The van der Waals surface area contributed by atoms with Gasteiger partial charge in [0.1, 0.15) is 0 Å². The quantitative estimate of drug-likeness (QED) is 0.881. The number of rotatable bonds is 3. The Hall–Kier alpha value is -0.880. The Labute approximate surface area is 102 Å². The molecule has 0 radical (unpaired) electrons. The standard InChI is InChI=1S/C11H12IN3/c12-10-7-14-15(8-10)11(6-13)9-4-2-1-3-5-9/h1-5,7-8,11H,6,13H2. The molecule has 3 nitrogen and oxygen atoms in total. The van der Waals surface area contributed by atoms with Crippen LogP contribution in [-0.2, 0) is 0 Å². The number of benzene rings is 1. The van der Waals surface area contributed by atoms with E-state index in [2.05, 4.69) is 39.8 Å². The third-order valence-electron chi connectivity index (χ3n) is 2.30. The molecule has 0 amide bonds. The van der Waals surface area contributed by atoms with Gasteiger partial charge in [0.05, 0.1) is 15.8 Å². The minimum Gasteiger partial charge on any atom is -0.328 e. The van der Waals surface area contributed by atoms with Crippen molar-refractivity contribution in [1.82, 2.24) is 9.78 Å². The number of aromatic nitrogens is 2. The lowest BCUT2D eigenvalue weighted by Gasteiger charge is -2.15. The summed E-state index contributed by atoms with van der Waals surface area (Å²) in [6.07, 6.45) is 3.84. The van der Waals surface area contributed by atoms with E-state index in [0.717, 1.165) is 3.57 Å². The maximum atomic E-state index is 5.78. The van der Waals surface area contributed by atoms with Crippen LogP contribution in [-0.4, -0.2) is 16.3 Å². The van der Waals surface area contributed by atoms with E-state index in [4.69, 9.17) is 5.73 Å². The van der Waals surface area contributed by atoms with E-state index in [-0.39, 0.29) is 6.04 Å². The molecule has 4 heteroatoms. The van der Waals surface area contributed by atoms with Crippen LogP contribution in [0.4, 0.5) is 0 Å². The van der Waals surface area contributed by atoms with E-state index >= 15 is 0 Å². The fourth-order valence-corrected chi connectivity index (χ4v) is 1.97. The number of nitrogens with zero attached hydrogens (tertiary/aromatic N) is 2. The van der Waals surface area contributed by atoms with Crippen LogP contribution in [0.15, 0.2) is 42.7 Å². The van der Waals surface area contributed by atoms with E-state index in [1.807, 2.05) is 35.3 Å². The molecule has 1 aromatic heterocycles. The van der Waals surface area contributed by atoms with Crippen LogP contribution >= 0.6 is 22.6 Å². The summed E-state index contributed by atoms with van der Waals surface area (Å²) in [5.41, 5.74) is 6.98. The first-order chi connectivity index (χ1) is 7.31. The van der Waals surface area contributed by atoms with Crippen molar-refractivity contribution in [2.24, 2.45) is 5.73 Å². The third-order valence-corrected chi connectivity index (χ3v) is 2.85. The second-order valence-corrected chi connectivity index (χ2v) is 4.55. The van der Waals surface area contributed by atoms with Crippen molar-refractivity contribution in [3.8, 4) is 0 Å². The Morgan fingerprint density at radius 3 is 2.60 bits per heavy atom. The van der Waals surface area contributed by atoms with Crippen LogP contribution < -0.4 is 5.73 Å². The highest BCUT2D eigenvalue weighted by molar-refractivity contribution is 14.1. The van der Waals surface area contributed by atoms with Crippen LogP contribution in [0.25, 0.3) is 0 Å². The lowest BCUT2D eigenvalue weighted by molar-refractivity contribution is 0.532. The van der Waals surface area contributed by atoms with Crippen molar-refractivity contribution in [1.29, 1.82) is 0 Å². The summed E-state index contributed by atoms with van der Waals surface area (Å²) < 4.78 is 3.04. The van der Waals surface area contributed by atoms with E-state index in [0.29, 0.717) is 6.54 Å². The van der Waals surface area contributed by atoms with Gasteiger partial charge >= 0.3 is 0 Å². The van der Waals surface area contributed by atoms with Gasteiger partial charge in [-0.25, -0.2) is 0 Å². The van der Waals surface area contributed by atoms with Gasteiger partial charge < -0.3 is 5.73 Å². The molecule has 0 bridgehead atoms. The Balaban J connectivity index is 2.33. The Morgan fingerprint density at radius 2 is 2.07 bits per heavy atom. The molecule has 2 aromatic rings. The number of halogens is 1. The number of nitrogens with two attached hydrogens (primary N) is 1. The number of hydrogen-bond acceptors (Lipinski definition) is 2. The van der Waals surface area contributed by atoms with Gasteiger partial charge in [0.2, 0.25) is 0 Å². The zero-order valence-corrected chi connectivity index (χ0v) is 10.3. The predicted molar refractivity (Wildman–Crippen MR) is 68.6 cm³/mol. The summed E-state index contributed by atoms with van der Waals surface area (Å²) >= 11 is 2.25. The van der Waals surface area contributed by atoms with Gasteiger partial charge in [-0.3, -0.25) is 4.68 Å². The summed E-state index contributed by atoms with van der Waals surface area (Å²) in [7, 11) is 0. The fourth-order valence-electron chi connectivity index (χ4n) is 1.56. The van der Waals surface area contributed by atoms with Crippen molar-refractivity contribution in [2.75, 3.05) is 6.54 Å². The first-order valence-electron chi connectivity index (χ1n) is 4.76. The average molecular weight is 313 g/mol. The molecule has 2 N–H and O–H groups in total. The van der Waals surface area contributed by atoms with Crippen molar-refractivity contribution in [2.45, 2.75) is 6.04 Å². The Bertz CT molecular complexity index is 424. The van der Waals surface area contributed by atoms with Crippen molar-refractivity contribution in [3.05, 3.63) is 51.9 Å². The molecule has 1 heterocycles. The summed E-state index contributed by atoms with van der Waals surface area (Å²) in [6.45, 7) is 0.557. The molecule has 1 unspecified atom stereocenters. The van der Waals surface area contributed by atoms with Crippen molar-refractivity contribution < 1.29 is 0 Å². The predicted octanol–water partition coefficient (Wildman–Crippen LogP) is 2.04. The highest BCUT2D eigenvalue weighted by Crippen LogP contribution is 2.17. The molecule has 78 valence electrons.